The first-order valence-electron chi connectivity index (χ1n) is 10.6. The maximum atomic E-state index is 12.2. The molecule has 150 valence electrons. The highest BCUT2D eigenvalue weighted by atomic mass is 31.0. The number of quaternary nitrogens is 1. The molecule has 25 heavy (non-hydrogen) atoms. The Morgan fingerprint density at radius 2 is 1.20 bits per heavy atom. The molecule has 0 amide bonds. The molecule has 0 spiro atoms. The maximum Gasteiger partial charge on any atom is 0.164 e. The lowest BCUT2D eigenvalue weighted by atomic mass is 10.0. The molecule has 0 aliphatic carbocycles. The van der Waals surface area contributed by atoms with Gasteiger partial charge >= 0.3 is 0 Å². The maximum absolute atomic E-state index is 12.2. The second-order valence-electron chi connectivity index (χ2n) is 8.54. The molecule has 0 aromatic rings. The Morgan fingerprint density at radius 1 is 0.800 bits per heavy atom. The van der Waals surface area contributed by atoms with Crippen LogP contribution in [0.2, 0.25) is 0 Å². The van der Waals surface area contributed by atoms with Crippen LogP contribution in [-0.4, -0.2) is 44.1 Å². The molecule has 0 aliphatic heterocycles. The van der Waals surface area contributed by atoms with Crippen LogP contribution in [0.1, 0.15) is 96.8 Å². The van der Waals surface area contributed by atoms with Crippen molar-refractivity contribution < 1.29 is 13.8 Å². The molecule has 0 fully saturated rings. The zero-order valence-corrected chi connectivity index (χ0v) is 18.4. The highest BCUT2D eigenvalue weighted by Gasteiger charge is 2.21. The summed E-state index contributed by atoms with van der Waals surface area (Å²) >= 11 is 0. The summed E-state index contributed by atoms with van der Waals surface area (Å²) in [5.74, 6) is 0.228. The first-order valence-corrected chi connectivity index (χ1v) is 11.0. The standard InChI is InChI=1S/C21H44NO2P/c1-5-6-7-8-9-10-11-12-13-14-15-16-17-18-20(23)21(24-25)19-22(2,3)4/h21,25H,5-19H2,1-4H3. The van der Waals surface area contributed by atoms with Crippen molar-refractivity contribution in [2.24, 2.45) is 0 Å². The fourth-order valence-electron chi connectivity index (χ4n) is 3.18. The number of ketones is 1. The number of carbonyl (C=O) groups excluding carboxylic acids is 1. The number of likely N-dealkylation sites (N-methyl/N-ethyl adjacent to an activating group) is 1. The molecule has 1 atom stereocenters. The molecule has 4 heteroatoms. The summed E-state index contributed by atoms with van der Waals surface area (Å²) in [6.45, 7) is 2.98. The molecule has 0 radical (unpaired) electrons. The van der Waals surface area contributed by atoms with Gasteiger partial charge in [0.25, 0.3) is 0 Å². The topological polar surface area (TPSA) is 26.3 Å². The summed E-state index contributed by atoms with van der Waals surface area (Å²) in [4.78, 5) is 12.2. The number of Topliss-reactive ketones (excluding diaryl/α,β-unsaturated/α-hetero) is 1. The van der Waals surface area contributed by atoms with Gasteiger partial charge in [0, 0.05) is 6.42 Å². The Hall–Kier alpha value is 0.0200. The third-order valence-electron chi connectivity index (χ3n) is 4.74. The van der Waals surface area contributed by atoms with Crippen molar-refractivity contribution >= 4 is 15.2 Å². The third kappa shape index (κ3) is 17.2. The minimum Gasteiger partial charge on any atom is -0.549 e. The zero-order chi connectivity index (χ0) is 19.0. The summed E-state index contributed by atoms with van der Waals surface area (Å²) in [6.07, 6.45) is 17.6. The molecule has 0 N–H and O–H groups in total. The van der Waals surface area contributed by atoms with Gasteiger partial charge in [0.15, 0.2) is 5.78 Å². The molecule has 0 aliphatic rings. The van der Waals surface area contributed by atoms with E-state index >= 15 is 0 Å². The van der Waals surface area contributed by atoms with Crippen LogP contribution in [0.25, 0.3) is 0 Å². The molecule has 3 nitrogen and oxygen atoms in total. The van der Waals surface area contributed by atoms with Crippen molar-refractivity contribution in [2.75, 3.05) is 27.7 Å². The first-order chi connectivity index (χ1) is 11.9. The molecule has 0 aromatic heterocycles. The molecule has 0 saturated carbocycles. The molecule has 1 unspecified atom stereocenters. The minimum absolute atomic E-state index is 0.228. The number of hydrogen-bond acceptors (Lipinski definition) is 2. The average Bonchev–Trinajstić information content (AvgIpc) is 2.55. The van der Waals surface area contributed by atoms with Crippen LogP contribution in [-0.2, 0) is 9.32 Å². The number of carbonyl (C=O) groups is 1. The van der Waals surface area contributed by atoms with Gasteiger partial charge in [0.1, 0.15) is 12.6 Å². The number of nitrogens with zero attached hydrogens (tertiary/aromatic N) is 1. The lowest BCUT2D eigenvalue weighted by Crippen LogP contribution is -2.44. The van der Waals surface area contributed by atoms with Crippen molar-refractivity contribution in [1.29, 1.82) is 0 Å². The van der Waals surface area contributed by atoms with E-state index < -0.39 is 0 Å². The zero-order valence-electron chi connectivity index (χ0n) is 17.4. The van der Waals surface area contributed by atoms with Crippen LogP contribution >= 0.6 is 9.47 Å². The van der Waals surface area contributed by atoms with E-state index in [4.69, 9.17) is 4.52 Å². The molecule has 0 rings (SSSR count). The van der Waals surface area contributed by atoms with Crippen molar-refractivity contribution in [3.8, 4) is 0 Å². The van der Waals surface area contributed by atoms with Crippen molar-refractivity contribution in [1.82, 2.24) is 0 Å². The van der Waals surface area contributed by atoms with E-state index in [2.05, 4.69) is 37.5 Å². The van der Waals surface area contributed by atoms with Crippen LogP contribution in [0.4, 0.5) is 0 Å². The summed E-state index contributed by atoms with van der Waals surface area (Å²) in [6, 6.07) is 0. The second kappa shape index (κ2) is 16.2. The van der Waals surface area contributed by atoms with E-state index in [0.29, 0.717) is 13.0 Å². The van der Waals surface area contributed by atoms with Gasteiger partial charge in [-0.2, -0.15) is 0 Å². The minimum atomic E-state index is -0.325. The van der Waals surface area contributed by atoms with E-state index in [0.717, 1.165) is 10.9 Å². The Bertz CT molecular complexity index is 316. The van der Waals surface area contributed by atoms with Crippen LogP contribution in [0.15, 0.2) is 0 Å². The number of unbranched alkanes of at least 4 members (excludes halogenated alkanes) is 12. The fraction of sp³-hybridized carbons (Fsp3) is 0.952. The quantitative estimate of drug-likeness (QED) is 0.163. The molecule has 0 aromatic carbocycles. The van der Waals surface area contributed by atoms with Crippen molar-refractivity contribution in [3.63, 3.8) is 0 Å². The second-order valence-corrected chi connectivity index (χ2v) is 8.77. The summed E-state index contributed by atoms with van der Waals surface area (Å²) in [5.41, 5.74) is 0. The normalized spacial score (nSPS) is 13.2. The van der Waals surface area contributed by atoms with Gasteiger partial charge < -0.3 is 18.5 Å². The monoisotopic (exact) mass is 373 g/mol. The van der Waals surface area contributed by atoms with Crippen molar-refractivity contribution in [3.05, 3.63) is 0 Å². The van der Waals surface area contributed by atoms with E-state index in [1.807, 2.05) is 0 Å². The van der Waals surface area contributed by atoms with Gasteiger partial charge in [-0.15, -0.1) is 0 Å². The molecule has 0 saturated heterocycles. The smallest absolute Gasteiger partial charge is 0.164 e. The van der Waals surface area contributed by atoms with Gasteiger partial charge in [0.05, 0.1) is 21.1 Å². The Morgan fingerprint density at radius 3 is 1.56 bits per heavy atom. The van der Waals surface area contributed by atoms with Gasteiger partial charge in [-0.3, -0.25) is 4.79 Å². The van der Waals surface area contributed by atoms with Crippen LogP contribution < -0.4 is 0 Å². The third-order valence-corrected chi connectivity index (χ3v) is 5.03. The largest absolute Gasteiger partial charge is 0.549 e. The summed E-state index contributed by atoms with van der Waals surface area (Å²) in [5, 5.41) is 0. The highest BCUT2D eigenvalue weighted by Crippen LogP contribution is 2.14. The SMILES string of the molecule is CCCCCCCCCCCCCCCC(=O)C(C[N+](C)(C)C)O[PH-]. The Labute approximate surface area is 160 Å². The van der Waals surface area contributed by atoms with E-state index in [-0.39, 0.29) is 11.9 Å². The lowest BCUT2D eigenvalue weighted by molar-refractivity contribution is -0.872. The predicted molar refractivity (Wildman–Crippen MR) is 111 cm³/mol. The molecular formula is C21H44NO2P. The molecular weight excluding hydrogens is 329 g/mol. The van der Waals surface area contributed by atoms with Gasteiger partial charge in [-0.05, 0) is 6.42 Å². The van der Waals surface area contributed by atoms with Crippen LogP contribution in [0.3, 0.4) is 0 Å². The average molecular weight is 374 g/mol. The van der Waals surface area contributed by atoms with Gasteiger partial charge in [0.2, 0.25) is 0 Å². The van der Waals surface area contributed by atoms with Crippen LogP contribution in [0, 0.1) is 0 Å². The first kappa shape index (κ1) is 25.0. The molecule has 0 bridgehead atoms. The van der Waals surface area contributed by atoms with Gasteiger partial charge in [-0.1, -0.05) is 84.0 Å². The van der Waals surface area contributed by atoms with E-state index in [1.54, 1.807) is 0 Å². The predicted octanol–water partition coefficient (Wildman–Crippen LogP) is 6.19. The fourth-order valence-corrected chi connectivity index (χ4v) is 3.39. The number of rotatable bonds is 18. The van der Waals surface area contributed by atoms with E-state index in [1.165, 1.54) is 77.0 Å². The Kier molecular flexibility index (Phi) is 16.2. The van der Waals surface area contributed by atoms with E-state index in [9.17, 15) is 4.79 Å². The molecule has 0 heterocycles. The summed E-state index contributed by atoms with van der Waals surface area (Å²) < 4.78 is 5.93. The van der Waals surface area contributed by atoms with Crippen LogP contribution in [0.5, 0.6) is 0 Å². The highest BCUT2D eigenvalue weighted by molar-refractivity contribution is 7.09. The lowest BCUT2D eigenvalue weighted by Gasteiger charge is -2.30. The number of hydrogen-bond donors (Lipinski definition) is 0. The van der Waals surface area contributed by atoms with Crippen molar-refractivity contribution in [2.45, 2.75) is 103 Å². The Balaban J connectivity index is 3.44. The summed E-state index contributed by atoms with van der Waals surface area (Å²) in [7, 11) is 9.31. The van der Waals surface area contributed by atoms with Gasteiger partial charge in [-0.25, -0.2) is 0 Å².